The van der Waals surface area contributed by atoms with Gasteiger partial charge in [0, 0.05) is 25.2 Å². The van der Waals surface area contributed by atoms with E-state index in [0.29, 0.717) is 12.6 Å². The molecule has 6 nitrogen and oxygen atoms in total. The van der Waals surface area contributed by atoms with Crippen molar-refractivity contribution in [2.45, 2.75) is 44.3 Å². The van der Waals surface area contributed by atoms with Gasteiger partial charge in [-0.05, 0) is 63.0 Å². The second-order valence-corrected chi connectivity index (χ2v) is 7.57. The molecular formula is C20H31N3O3. The fraction of sp³-hybridized carbons (Fsp3) is 0.650. The van der Waals surface area contributed by atoms with E-state index < -0.39 is 0 Å². The highest BCUT2D eigenvalue weighted by Gasteiger charge is 2.30. The predicted molar refractivity (Wildman–Crippen MR) is 102 cm³/mol. The second kappa shape index (κ2) is 8.27. The molecular weight excluding hydrogens is 330 g/mol. The van der Waals surface area contributed by atoms with Crippen LogP contribution >= 0.6 is 0 Å². The molecule has 0 unspecified atom stereocenters. The number of nitrogens with one attached hydrogen (secondary N) is 1. The van der Waals surface area contributed by atoms with E-state index >= 15 is 0 Å². The summed E-state index contributed by atoms with van der Waals surface area (Å²) in [5, 5.41) is 3.26. The van der Waals surface area contributed by atoms with Crippen LogP contribution < -0.4 is 14.8 Å². The zero-order valence-corrected chi connectivity index (χ0v) is 16.4. The number of ether oxygens (including phenoxy) is 2. The number of carbonyl (C=O) groups is 1. The third-order valence-electron chi connectivity index (χ3n) is 5.65. The quantitative estimate of drug-likeness (QED) is 0.835. The summed E-state index contributed by atoms with van der Waals surface area (Å²) in [7, 11) is 7.51. The first kappa shape index (κ1) is 19.0. The van der Waals surface area contributed by atoms with E-state index in [0.717, 1.165) is 43.9 Å². The van der Waals surface area contributed by atoms with Crippen LogP contribution in [0, 0.1) is 0 Å². The van der Waals surface area contributed by atoms with E-state index in [4.69, 9.17) is 9.47 Å². The van der Waals surface area contributed by atoms with Crippen molar-refractivity contribution in [3.05, 3.63) is 23.3 Å². The number of likely N-dealkylation sites (N-methyl/N-ethyl adjacent to an activating group) is 1. The van der Waals surface area contributed by atoms with Crippen molar-refractivity contribution in [1.29, 1.82) is 0 Å². The summed E-state index contributed by atoms with van der Waals surface area (Å²) >= 11 is 0. The minimum atomic E-state index is 0.132. The number of fused-ring (bicyclic) bond motifs is 1. The maximum atomic E-state index is 12.6. The van der Waals surface area contributed by atoms with Crippen LogP contribution in [0.3, 0.4) is 0 Å². The van der Waals surface area contributed by atoms with Gasteiger partial charge in [0.05, 0.1) is 20.8 Å². The highest BCUT2D eigenvalue weighted by atomic mass is 16.5. The highest BCUT2D eigenvalue weighted by Crippen LogP contribution is 2.33. The average Bonchev–Trinajstić information content (AvgIpc) is 3.08. The molecule has 1 aliphatic heterocycles. The largest absolute Gasteiger partial charge is 0.493 e. The first-order valence-corrected chi connectivity index (χ1v) is 9.43. The average molecular weight is 361 g/mol. The molecule has 0 bridgehead atoms. The number of amides is 1. The minimum absolute atomic E-state index is 0.132. The molecule has 6 heteroatoms. The Morgan fingerprint density at radius 2 is 1.88 bits per heavy atom. The maximum Gasteiger partial charge on any atom is 0.234 e. The van der Waals surface area contributed by atoms with Crippen molar-refractivity contribution in [1.82, 2.24) is 15.1 Å². The first-order chi connectivity index (χ1) is 12.5. The Labute approximate surface area is 156 Å². The zero-order valence-electron chi connectivity index (χ0n) is 16.4. The summed E-state index contributed by atoms with van der Waals surface area (Å²) in [4.78, 5) is 17.0. The summed E-state index contributed by atoms with van der Waals surface area (Å²) in [6, 6.07) is 4.83. The van der Waals surface area contributed by atoms with Crippen molar-refractivity contribution >= 4 is 5.91 Å². The topological polar surface area (TPSA) is 54.0 Å². The van der Waals surface area contributed by atoms with Crippen LogP contribution in [0.15, 0.2) is 12.1 Å². The molecule has 1 amide bonds. The molecule has 0 radical (unpaired) electrons. The number of nitrogens with zero attached hydrogens (tertiary/aromatic N) is 2. The molecule has 0 saturated heterocycles. The lowest BCUT2D eigenvalue weighted by Crippen LogP contribution is -2.49. The zero-order chi connectivity index (χ0) is 18.7. The van der Waals surface area contributed by atoms with Crippen LogP contribution in [0.4, 0.5) is 0 Å². The van der Waals surface area contributed by atoms with Crippen LogP contribution in [0.25, 0.3) is 0 Å². The van der Waals surface area contributed by atoms with Gasteiger partial charge in [-0.2, -0.15) is 0 Å². The lowest BCUT2D eigenvalue weighted by Gasteiger charge is -2.31. The van der Waals surface area contributed by atoms with Crippen molar-refractivity contribution in [2.75, 3.05) is 41.4 Å². The SMILES string of the molecule is COc1cc2c(cc1OC)CN(CC(=O)N[C@@H]1CCC[C@H]1N(C)C)CC2. The van der Waals surface area contributed by atoms with Gasteiger partial charge >= 0.3 is 0 Å². The molecule has 1 aromatic carbocycles. The molecule has 3 rings (SSSR count). The van der Waals surface area contributed by atoms with Crippen molar-refractivity contribution in [3.63, 3.8) is 0 Å². The molecule has 1 fully saturated rings. The third-order valence-corrected chi connectivity index (χ3v) is 5.65. The van der Waals surface area contributed by atoms with Crippen molar-refractivity contribution in [3.8, 4) is 11.5 Å². The van der Waals surface area contributed by atoms with Gasteiger partial charge in [0.15, 0.2) is 11.5 Å². The number of rotatable bonds is 6. The Hall–Kier alpha value is -1.79. The van der Waals surface area contributed by atoms with Crippen LogP contribution in [0.2, 0.25) is 0 Å². The number of methoxy groups -OCH3 is 2. The van der Waals surface area contributed by atoms with Crippen LogP contribution in [0.1, 0.15) is 30.4 Å². The van der Waals surface area contributed by atoms with Gasteiger partial charge in [-0.15, -0.1) is 0 Å². The third kappa shape index (κ3) is 4.13. The normalized spacial score (nSPS) is 23.0. The Kier molecular flexibility index (Phi) is 6.04. The van der Waals surface area contributed by atoms with Gasteiger partial charge in [0.25, 0.3) is 0 Å². The predicted octanol–water partition coefficient (Wildman–Crippen LogP) is 1.66. The van der Waals surface area contributed by atoms with E-state index in [1.165, 1.54) is 17.5 Å². The molecule has 1 aliphatic carbocycles. The van der Waals surface area contributed by atoms with Crippen LogP contribution in [-0.4, -0.2) is 69.2 Å². The van der Waals surface area contributed by atoms with E-state index in [1.54, 1.807) is 14.2 Å². The van der Waals surface area contributed by atoms with E-state index in [1.807, 2.05) is 6.07 Å². The molecule has 1 aromatic rings. The van der Waals surface area contributed by atoms with Crippen molar-refractivity contribution in [2.24, 2.45) is 0 Å². The molecule has 1 saturated carbocycles. The van der Waals surface area contributed by atoms with Gasteiger partial charge < -0.3 is 19.7 Å². The first-order valence-electron chi connectivity index (χ1n) is 9.43. The smallest absolute Gasteiger partial charge is 0.234 e. The summed E-state index contributed by atoms with van der Waals surface area (Å²) in [6.45, 7) is 2.10. The van der Waals surface area contributed by atoms with Gasteiger partial charge in [-0.3, -0.25) is 9.69 Å². The maximum absolute atomic E-state index is 12.6. The Bertz CT molecular complexity index is 647. The molecule has 144 valence electrons. The molecule has 0 spiro atoms. The summed E-state index contributed by atoms with van der Waals surface area (Å²) < 4.78 is 10.8. The summed E-state index contributed by atoms with van der Waals surface area (Å²) in [5.41, 5.74) is 2.50. The Morgan fingerprint density at radius 1 is 1.19 bits per heavy atom. The molecule has 2 atom stereocenters. The standard InChI is InChI=1S/C20H31N3O3/c1-22(2)17-7-5-6-16(17)21-20(24)13-23-9-8-14-10-18(25-3)19(26-4)11-15(14)12-23/h10-11,16-17H,5-9,12-13H2,1-4H3,(H,21,24)/t16-,17-/m1/s1. The fourth-order valence-corrected chi connectivity index (χ4v) is 4.26. The molecule has 1 N–H and O–H groups in total. The number of hydrogen-bond donors (Lipinski definition) is 1. The molecule has 2 aliphatic rings. The van der Waals surface area contributed by atoms with Crippen LogP contribution in [0.5, 0.6) is 11.5 Å². The Morgan fingerprint density at radius 3 is 2.54 bits per heavy atom. The second-order valence-electron chi connectivity index (χ2n) is 7.57. The lowest BCUT2D eigenvalue weighted by molar-refractivity contribution is -0.123. The summed E-state index contributed by atoms with van der Waals surface area (Å²) in [6.07, 6.45) is 4.35. The monoisotopic (exact) mass is 361 g/mol. The van der Waals surface area contributed by atoms with E-state index in [-0.39, 0.29) is 11.9 Å². The van der Waals surface area contributed by atoms with Gasteiger partial charge in [-0.25, -0.2) is 0 Å². The molecule has 1 heterocycles. The Balaban J connectivity index is 1.59. The van der Waals surface area contributed by atoms with Gasteiger partial charge in [0.2, 0.25) is 5.91 Å². The molecule has 26 heavy (non-hydrogen) atoms. The van der Waals surface area contributed by atoms with E-state index in [2.05, 4.69) is 35.3 Å². The summed E-state index contributed by atoms with van der Waals surface area (Å²) in [5.74, 6) is 1.65. The molecule has 0 aromatic heterocycles. The van der Waals surface area contributed by atoms with E-state index in [9.17, 15) is 4.79 Å². The van der Waals surface area contributed by atoms with Crippen molar-refractivity contribution < 1.29 is 14.3 Å². The highest BCUT2D eigenvalue weighted by molar-refractivity contribution is 5.78. The van der Waals surface area contributed by atoms with Crippen LogP contribution in [-0.2, 0) is 17.8 Å². The number of hydrogen-bond acceptors (Lipinski definition) is 5. The number of benzene rings is 1. The van der Waals surface area contributed by atoms with Gasteiger partial charge in [-0.1, -0.05) is 0 Å². The van der Waals surface area contributed by atoms with Gasteiger partial charge in [0.1, 0.15) is 0 Å². The lowest BCUT2D eigenvalue weighted by atomic mass is 9.99. The number of carbonyl (C=O) groups excluding carboxylic acids is 1. The fourth-order valence-electron chi connectivity index (χ4n) is 4.26. The minimum Gasteiger partial charge on any atom is -0.493 e.